The van der Waals surface area contributed by atoms with Gasteiger partial charge in [0.25, 0.3) is 0 Å². The molecule has 0 aliphatic carbocycles. The van der Waals surface area contributed by atoms with Gasteiger partial charge in [-0.3, -0.25) is 14.7 Å². The Kier molecular flexibility index (Phi) is 8.49. The highest BCUT2D eigenvalue weighted by Crippen LogP contribution is 2.30. The van der Waals surface area contributed by atoms with Crippen LogP contribution in [0.5, 0.6) is 11.5 Å². The van der Waals surface area contributed by atoms with Crippen molar-refractivity contribution in [3.8, 4) is 17.2 Å². The summed E-state index contributed by atoms with van der Waals surface area (Å²) in [4.78, 5) is 19.3. The number of carbonyl (C=O) groups excluding carboxylic acids is 1. The number of anilines is 1. The quantitative estimate of drug-likeness (QED) is 0.464. The van der Waals surface area contributed by atoms with E-state index in [2.05, 4.69) is 42.9 Å². The molecule has 176 valence electrons. The summed E-state index contributed by atoms with van der Waals surface area (Å²) in [7, 11) is 1.61. The zero-order chi connectivity index (χ0) is 23.8. The standard InChI is InChI=1S/C26H34N4O3/c1-19(2)30(20(3)4)12-13-33-25-16-22(8-9-24(25)32-5)28-26(31)15-21-14-23(18-27-17-21)29-10-6-7-11-29/h6-11,14,16-20H,12-13,15H2,1-5H3,(H,28,31). The molecule has 3 rings (SSSR count). The van der Waals surface area contributed by atoms with E-state index in [-0.39, 0.29) is 12.3 Å². The van der Waals surface area contributed by atoms with Gasteiger partial charge >= 0.3 is 0 Å². The Morgan fingerprint density at radius 2 is 1.79 bits per heavy atom. The number of carbonyl (C=O) groups is 1. The van der Waals surface area contributed by atoms with Crippen LogP contribution in [0, 0.1) is 0 Å². The van der Waals surface area contributed by atoms with Gasteiger partial charge in [0, 0.05) is 49.0 Å². The number of methoxy groups -OCH3 is 1. The second-order valence-electron chi connectivity index (χ2n) is 8.51. The minimum Gasteiger partial charge on any atom is -0.493 e. The number of pyridine rings is 1. The van der Waals surface area contributed by atoms with Crippen LogP contribution in [0.4, 0.5) is 5.69 Å². The van der Waals surface area contributed by atoms with E-state index >= 15 is 0 Å². The van der Waals surface area contributed by atoms with Crippen molar-refractivity contribution >= 4 is 11.6 Å². The van der Waals surface area contributed by atoms with Crippen molar-refractivity contribution < 1.29 is 14.3 Å². The fourth-order valence-corrected chi connectivity index (χ4v) is 3.85. The van der Waals surface area contributed by atoms with Crippen LogP contribution in [-0.2, 0) is 11.2 Å². The van der Waals surface area contributed by atoms with E-state index in [1.54, 1.807) is 25.6 Å². The molecule has 0 aliphatic rings. The van der Waals surface area contributed by atoms with Gasteiger partial charge in [0.05, 0.1) is 25.4 Å². The molecular formula is C26H34N4O3. The molecule has 0 saturated carbocycles. The van der Waals surface area contributed by atoms with Gasteiger partial charge in [0.2, 0.25) is 5.91 Å². The maximum atomic E-state index is 12.7. The van der Waals surface area contributed by atoms with E-state index in [0.717, 1.165) is 17.8 Å². The predicted molar refractivity (Wildman–Crippen MR) is 131 cm³/mol. The highest BCUT2D eigenvalue weighted by molar-refractivity contribution is 5.92. The first-order valence-electron chi connectivity index (χ1n) is 11.3. The molecule has 0 radical (unpaired) electrons. The summed E-state index contributed by atoms with van der Waals surface area (Å²) < 4.78 is 13.4. The van der Waals surface area contributed by atoms with Crippen LogP contribution >= 0.6 is 0 Å². The van der Waals surface area contributed by atoms with E-state index in [1.165, 1.54) is 0 Å². The first kappa shape index (κ1) is 24.3. The number of amides is 1. The number of benzene rings is 1. The maximum Gasteiger partial charge on any atom is 0.228 e. The first-order chi connectivity index (χ1) is 15.9. The lowest BCUT2D eigenvalue weighted by molar-refractivity contribution is -0.115. The van der Waals surface area contributed by atoms with Crippen molar-refractivity contribution in [3.63, 3.8) is 0 Å². The third-order valence-corrected chi connectivity index (χ3v) is 5.43. The van der Waals surface area contributed by atoms with Crippen LogP contribution in [0.15, 0.2) is 61.2 Å². The Morgan fingerprint density at radius 3 is 2.45 bits per heavy atom. The van der Waals surface area contributed by atoms with Crippen molar-refractivity contribution in [2.45, 2.75) is 46.2 Å². The number of nitrogens with zero attached hydrogens (tertiary/aromatic N) is 3. The molecule has 7 nitrogen and oxygen atoms in total. The summed E-state index contributed by atoms with van der Waals surface area (Å²) in [6.07, 6.45) is 7.60. The Balaban J connectivity index is 1.63. The van der Waals surface area contributed by atoms with Crippen molar-refractivity contribution in [2.75, 3.05) is 25.6 Å². The average Bonchev–Trinajstić information content (AvgIpc) is 3.31. The lowest BCUT2D eigenvalue weighted by Crippen LogP contribution is -2.39. The number of ether oxygens (including phenoxy) is 2. The molecule has 0 saturated heterocycles. The molecule has 1 N–H and O–H groups in total. The molecule has 1 amide bonds. The number of hydrogen-bond donors (Lipinski definition) is 1. The SMILES string of the molecule is COc1ccc(NC(=O)Cc2cncc(-n3cccc3)c2)cc1OCCN(C(C)C)C(C)C. The van der Waals surface area contributed by atoms with Crippen molar-refractivity contribution in [2.24, 2.45) is 0 Å². The second kappa shape index (κ2) is 11.5. The highest BCUT2D eigenvalue weighted by Gasteiger charge is 2.14. The number of hydrogen-bond acceptors (Lipinski definition) is 5. The van der Waals surface area contributed by atoms with Gasteiger partial charge in [0.1, 0.15) is 6.61 Å². The summed E-state index contributed by atoms with van der Waals surface area (Å²) in [5.74, 6) is 1.12. The van der Waals surface area contributed by atoms with E-state index in [9.17, 15) is 4.79 Å². The smallest absolute Gasteiger partial charge is 0.228 e. The van der Waals surface area contributed by atoms with Crippen molar-refractivity contribution in [1.82, 2.24) is 14.5 Å². The number of rotatable bonds is 11. The largest absolute Gasteiger partial charge is 0.493 e. The molecule has 3 aromatic rings. The molecule has 0 aliphatic heterocycles. The molecule has 0 atom stereocenters. The minimum absolute atomic E-state index is 0.122. The number of aromatic nitrogens is 2. The van der Waals surface area contributed by atoms with Gasteiger partial charge < -0.3 is 19.4 Å². The molecule has 33 heavy (non-hydrogen) atoms. The highest BCUT2D eigenvalue weighted by atomic mass is 16.5. The normalized spacial score (nSPS) is 11.3. The Hall–Kier alpha value is -3.32. The molecule has 7 heteroatoms. The molecule has 0 unspecified atom stereocenters. The van der Waals surface area contributed by atoms with E-state index < -0.39 is 0 Å². The monoisotopic (exact) mass is 450 g/mol. The lowest BCUT2D eigenvalue weighted by atomic mass is 10.2. The van der Waals surface area contributed by atoms with Gasteiger partial charge in [-0.15, -0.1) is 0 Å². The number of nitrogens with one attached hydrogen (secondary N) is 1. The summed E-state index contributed by atoms with van der Waals surface area (Å²) in [5, 5.41) is 2.95. The summed E-state index contributed by atoms with van der Waals surface area (Å²) in [6, 6.07) is 12.2. The minimum atomic E-state index is -0.122. The van der Waals surface area contributed by atoms with Gasteiger partial charge in [0.15, 0.2) is 11.5 Å². The Morgan fingerprint density at radius 1 is 1.06 bits per heavy atom. The van der Waals surface area contributed by atoms with E-state index in [1.807, 2.05) is 47.3 Å². The Labute approximate surface area is 196 Å². The lowest BCUT2D eigenvalue weighted by Gasteiger charge is -2.30. The van der Waals surface area contributed by atoms with Crippen molar-refractivity contribution in [3.05, 3.63) is 66.7 Å². The second-order valence-corrected chi connectivity index (χ2v) is 8.51. The van der Waals surface area contributed by atoms with Gasteiger partial charge in [-0.05, 0) is 63.6 Å². The molecule has 2 aromatic heterocycles. The van der Waals surface area contributed by atoms with Crippen LogP contribution in [0.25, 0.3) is 5.69 Å². The molecule has 0 spiro atoms. The summed E-state index contributed by atoms with van der Waals surface area (Å²) >= 11 is 0. The van der Waals surface area contributed by atoms with Crippen LogP contribution in [0.1, 0.15) is 33.3 Å². The maximum absolute atomic E-state index is 12.7. The zero-order valence-electron chi connectivity index (χ0n) is 20.1. The van der Waals surface area contributed by atoms with Crippen molar-refractivity contribution in [1.29, 1.82) is 0 Å². The van der Waals surface area contributed by atoms with Gasteiger partial charge in [-0.2, -0.15) is 0 Å². The molecular weight excluding hydrogens is 416 g/mol. The van der Waals surface area contributed by atoms with Crippen LogP contribution in [-0.4, -0.2) is 52.7 Å². The zero-order valence-corrected chi connectivity index (χ0v) is 20.1. The third-order valence-electron chi connectivity index (χ3n) is 5.43. The van der Waals surface area contributed by atoms with E-state index in [4.69, 9.17) is 9.47 Å². The Bertz CT molecular complexity index is 1020. The average molecular weight is 451 g/mol. The fraction of sp³-hybridized carbons (Fsp3) is 0.385. The molecule has 2 heterocycles. The summed E-state index contributed by atoms with van der Waals surface area (Å²) in [6.45, 7) is 10.1. The summed E-state index contributed by atoms with van der Waals surface area (Å²) in [5.41, 5.74) is 2.42. The van der Waals surface area contributed by atoms with Crippen LogP contribution in [0.2, 0.25) is 0 Å². The molecule has 0 bridgehead atoms. The van der Waals surface area contributed by atoms with Gasteiger partial charge in [-0.25, -0.2) is 0 Å². The molecule has 1 aromatic carbocycles. The topological polar surface area (TPSA) is 68.6 Å². The third kappa shape index (κ3) is 6.83. The fourth-order valence-electron chi connectivity index (χ4n) is 3.85. The van der Waals surface area contributed by atoms with Gasteiger partial charge in [-0.1, -0.05) is 0 Å². The van der Waals surface area contributed by atoms with Crippen LogP contribution < -0.4 is 14.8 Å². The predicted octanol–water partition coefficient (Wildman–Crippen LogP) is 4.56. The van der Waals surface area contributed by atoms with Crippen LogP contribution in [0.3, 0.4) is 0 Å². The molecule has 0 fully saturated rings. The van der Waals surface area contributed by atoms with E-state index in [0.29, 0.717) is 35.9 Å². The first-order valence-corrected chi connectivity index (χ1v) is 11.3.